The normalized spacial score (nSPS) is 16.0. The summed E-state index contributed by atoms with van der Waals surface area (Å²) in [6, 6.07) is 7.90. The molecule has 6 nitrogen and oxygen atoms in total. The number of primary amides is 1. The number of ether oxygens (including phenoxy) is 1. The smallest absolute Gasteiger partial charge is 0.255 e. The largest absolute Gasteiger partial charge is 0.484 e. The molecule has 1 aliphatic heterocycles. The molecular formula is C19H26N4O2. The van der Waals surface area contributed by atoms with E-state index in [9.17, 15) is 4.79 Å². The van der Waals surface area contributed by atoms with Crippen molar-refractivity contribution in [2.75, 3.05) is 19.7 Å². The molecule has 0 bridgehead atoms. The molecule has 0 unspecified atom stereocenters. The lowest BCUT2D eigenvalue weighted by Gasteiger charge is -2.32. The molecule has 0 spiro atoms. The summed E-state index contributed by atoms with van der Waals surface area (Å²) in [5, 5.41) is 0. The average Bonchev–Trinajstić information content (AvgIpc) is 3.00. The molecular weight excluding hydrogens is 316 g/mol. The van der Waals surface area contributed by atoms with Crippen LogP contribution in [-0.4, -0.2) is 40.1 Å². The van der Waals surface area contributed by atoms with E-state index in [1.54, 1.807) is 0 Å². The molecule has 25 heavy (non-hydrogen) atoms. The highest BCUT2D eigenvalue weighted by Crippen LogP contribution is 2.22. The molecule has 0 saturated carbocycles. The molecule has 0 atom stereocenters. The molecule has 0 radical (unpaired) electrons. The van der Waals surface area contributed by atoms with Crippen molar-refractivity contribution in [1.29, 1.82) is 0 Å². The maximum Gasteiger partial charge on any atom is 0.255 e. The Morgan fingerprint density at radius 2 is 2.16 bits per heavy atom. The van der Waals surface area contributed by atoms with Crippen molar-refractivity contribution >= 4 is 5.91 Å². The van der Waals surface area contributed by atoms with E-state index in [0.29, 0.717) is 5.75 Å². The first kappa shape index (κ1) is 17.5. The first-order chi connectivity index (χ1) is 12.1. The summed E-state index contributed by atoms with van der Waals surface area (Å²) < 4.78 is 7.63. The molecule has 1 amide bonds. The van der Waals surface area contributed by atoms with Crippen LogP contribution in [0.1, 0.15) is 24.2 Å². The number of piperidine rings is 1. The minimum atomic E-state index is -0.458. The van der Waals surface area contributed by atoms with Crippen LogP contribution in [0.2, 0.25) is 0 Å². The number of hydrogen-bond donors (Lipinski definition) is 1. The lowest BCUT2D eigenvalue weighted by Crippen LogP contribution is -2.34. The van der Waals surface area contributed by atoms with Crippen molar-refractivity contribution < 1.29 is 9.53 Å². The van der Waals surface area contributed by atoms with Gasteiger partial charge in [-0.3, -0.25) is 9.69 Å². The van der Waals surface area contributed by atoms with E-state index in [-0.39, 0.29) is 6.61 Å². The first-order valence-corrected chi connectivity index (χ1v) is 8.80. The van der Waals surface area contributed by atoms with E-state index >= 15 is 0 Å². The number of rotatable bonds is 7. The van der Waals surface area contributed by atoms with E-state index in [2.05, 4.69) is 33.6 Å². The summed E-state index contributed by atoms with van der Waals surface area (Å²) in [5.41, 5.74) is 6.32. The number of nitrogens with two attached hydrogens (primary N) is 1. The summed E-state index contributed by atoms with van der Waals surface area (Å²) in [7, 11) is 0. The van der Waals surface area contributed by atoms with Gasteiger partial charge in [0.25, 0.3) is 5.91 Å². The van der Waals surface area contributed by atoms with E-state index < -0.39 is 5.91 Å². The van der Waals surface area contributed by atoms with Crippen LogP contribution in [0.3, 0.4) is 0 Å². The molecule has 1 fully saturated rings. The monoisotopic (exact) mass is 342 g/mol. The molecule has 1 aromatic carbocycles. The van der Waals surface area contributed by atoms with E-state index in [1.807, 2.05) is 24.4 Å². The fourth-order valence-electron chi connectivity index (χ4n) is 3.35. The Morgan fingerprint density at radius 3 is 2.84 bits per heavy atom. The number of aromatic nitrogens is 2. The predicted molar refractivity (Wildman–Crippen MR) is 96.1 cm³/mol. The van der Waals surface area contributed by atoms with Crippen molar-refractivity contribution in [2.24, 2.45) is 11.7 Å². The highest BCUT2D eigenvalue weighted by atomic mass is 16.5. The van der Waals surface area contributed by atoms with E-state index in [0.717, 1.165) is 37.9 Å². The number of hydrogen-bond acceptors (Lipinski definition) is 4. The van der Waals surface area contributed by atoms with Crippen LogP contribution in [-0.2, 0) is 17.9 Å². The average molecular weight is 342 g/mol. The van der Waals surface area contributed by atoms with Crippen LogP contribution >= 0.6 is 0 Å². The number of amides is 1. The van der Waals surface area contributed by atoms with Gasteiger partial charge in [0.05, 0.1) is 0 Å². The second kappa shape index (κ2) is 8.16. The Hall–Kier alpha value is -2.34. The summed E-state index contributed by atoms with van der Waals surface area (Å²) in [5.74, 6) is 2.05. The SMILES string of the molecule is Cc1nccn1CC1CCN(Cc2cccc(OCC(N)=O)c2)CC1. The third kappa shape index (κ3) is 5.06. The van der Waals surface area contributed by atoms with Crippen molar-refractivity contribution in [3.63, 3.8) is 0 Å². The van der Waals surface area contributed by atoms with Gasteiger partial charge in [-0.05, 0) is 56.5 Å². The minimum absolute atomic E-state index is 0.0808. The topological polar surface area (TPSA) is 73.4 Å². The zero-order valence-electron chi connectivity index (χ0n) is 14.7. The molecule has 1 aliphatic rings. The van der Waals surface area contributed by atoms with Crippen molar-refractivity contribution in [1.82, 2.24) is 14.5 Å². The number of likely N-dealkylation sites (tertiary alicyclic amines) is 1. The van der Waals surface area contributed by atoms with Gasteiger partial charge >= 0.3 is 0 Å². The zero-order valence-corrected chi connectivity index (χ0v) is 14.7. The third-order valence-electron chi connectivity index (χ3n) is 4.77. The van der Waals surface area contributed by atoms with Crippen LogP contribution in [0.25, 0.3) is 0 Å². The van der Waals surface area contributed by atoms with Gasteiger partial charge in [-0.1, -0.05) is 12.1 Å². The van der Waals surface area contributed by atoms with Gasteiger partial charge in [-0.15, -0.1) is 0 Å². The lowest BCUT2D eigenvalue weighted by atomic mass is 9.96. The second-order valence-corrected chi connectivity index (χ2v) is 6.75. The summed E-state index contributed by atoms with van der Waals surface area (Å²) in [6.45, 7) is 6.15. The Kier molecular flexibility index (Phi) is 5.71. The number of carbonyl (C=O) groups is 1. The van der Waals surface area contributed by atoms with E-state index in [4.69, 9.17) is 10.5 Å². The van der Waals surface area contributed by atoms with Gasteiger partial charge in [-0.25, -0.2) is 4.98 Å². The first-order valence-electron chi connectivity index (χ1n) is 8.80. The predicted octanol–water partition coefficient (Wildman–Crippen LogP) is 1.97. The zero-order chi connectivity index (χ0) is 17.6. The summed E-state index contributed by atoms with van der Waals surface area (Å²) in [4.78, 5) is 17.6. The Morgan fingerprint density at radius 1 is 1.36 bits per heavy atom. The van der Waals surface area contributed by atoms with Crippen LogP contribution in [0.15, 0.2) is 36.7 Å². The Balaban J connectivity index is 1.48. The number of carbonyl (C=O) groups excluding carboxylic acids is 1. The van der Waals surface area contributed by atoms with Crippen LogP contribution in [0.4, 0.5) is 0 Å². The summed E-state index contributed by atoms with van der Waals surface area (Å²) >= 11 is 0. The number of imidazole rings is 1. The van der Waals surface area contributed by atoms with Crippen molar-refractivity contribution in [3.8, 4) is 5.75 Å². The van der Waals surface area contributed by atoms with Gasteiger partial charge in [0.15, 0.2) is 6.61 Å². The molecule has 6 heteroatoms. The van der Waals surface area contributed by atoms with Crippen LogP contribution < -0.4 is 10.5 Å². The van der Waals surface area contributed by atoms with Crippen molar-refractivity contribution in [3.05, 3.63) is 48.0 Å². The summed E-state index contributed by atoms with van der Waals surface area (Å²) in [6.07, 6.45) is 6.35. The van der Waals surface area contributed by atoms with Gasteiger partial charge in [0.1, 0.15) is 11.6 Å². The van der Waals surface area contributed by atoms with E-state index in [1.165, 1.54) is 18.4 Å². The van der Waals surface area contributed by atoms with Crippen molar-refractivity contribution in [2.45, 2.75) is 32.9 Å². The fourth-order valence-corrected chi connectivity index (χ4v) is 3.35. The highest BCUT2D eigenvalue weighted by molar-refractivity contribution is 5.75. The molecule has 1 saturated heterocycles. The lowest BCUT2D eigenvalue weighted by molar-refractivity contribution is -0.119. The maximum atomic E-state index is 10.8. The molecule has 134 valence electrons. The number of benzene rings is 1. The van der Waals surface area contributed by atoms with Gasteiger partial charge in [0, 0.05) is 25.5 Å². The quantitative estimate of drug-likeness (QED) is 0.835. The van der Waals surface area contributed by atoms with Crippen LogP contribution in [0.5, 0.6) is 5.75 Å². The molecule has 3 rings (SSSR count). The molecule has 2 heterocycles. The standard InChI is InChI=1S/C19H26N4O2/c1-15-21-7-10-23(15)13-16-5-8-22(9-6-16)12-17-3-2-4-18(11-17)25-14-19(20)24/h2-4,7,10-11,16H,5-6,8-9,12-14H2,1H3,(H2,20,24). The highest BCUT2D eigenvalue weighted by Gasteiger charge is 2.20. The number of nitrogens with zero attached hydrogens (tertiary/aromatic N) is 3. The molecule has 0 aliphatic carbocycles. The van der Waals surface area contributed by atoms with Gasteiger partial charge in [-0.2, -0.15) is 0 Å². The van der Waals surface area contributed by atoms with Gasteiger partial charge in [0.2, 0.25) is 0 Å². The van der Waals surface area contributed by atoms with Gasteiger partial charge < -0.3 is 15.0 Å². The minimum Gasteiger partial charge on any atom is -0.484 e. The molecule has 2 N–H and O–H groups in total. The fraction of sp³-hybridized carbons (Fsp3) is 0.474. The van der Waals surface area contributed by atoms with Crippen LogP contribution in [0, 0.1) is 12.8 Å². The molecule has 2 aromatic rings. The number of aryl methyl sites for hydroxylation is 1. The second-order valence-electron chi connectivity index (χ2n) is 6.75. The maximum absolute atomic E-state index is 10.8. The molecule has 1 aromatic heterocycles. The Bertz CT molecular complexity index is 705. The third-order valence-corrected chi connectivity index (χ3v) is 4.77. The Labute approximate surface area is 148 Å².